The molecule has 0 aromatic heterocycles. The SMILES string of the molecule is CCCCC/C=C\CCCCCCCC(=O)OCC(COP(=O)(O)OCC[N+](C)(C)C)OC(=O)CCCCCCCCC/C=C\CCCCCCCC. The topological polar surface area (TPSA) is 108 Å². The second-order valence-electron chi connectivity index (χ2n) is 15.7. The molecule has 0 aromatic carbocycles. The van der Waals surface area contributed by atoms with Gasteiger partial charge in [-0.2, -0.15) is 0 Å². The first-order valence-electron chi connectivity index (χ1n) is 21.6. The number of esters is 2. The minimum absolute atomic E-state index is 0.0306. The van der Waals surface area contributed by atoms with Crippen molar-refractivity contribution in [2.45, 2.75) is 193 Å². The van der Waals surface area contributed by atoms with Crippen molar-refractivity contribution in [1.82, 2.24) is 0 Å². The molecule has 2 unspecified atom stereocenters. The maximum Gasteiger partial charge on any atom is 0.472 e. The van der Waals surface area contributed by atoms with E-state index in [4.69, 9.17) is 18.5 Å². The molecule has 10 heteroatoms. The van der Waals surface area contributed by atoms with E-state index in [1.54, 1.807) is 0 Å². The molecule has 0 heterocycles. The number of carbonyl (C=O) groups is 2. The van der Waals surface area contributed by atoms with E-state index in [-0.39, 0.29) is 32.0 Å². The van der Waals surface area contributed by atoms with E-state index in [2.05, 4.69) is 38.2 Å². The van der Waals surface area contributed by atoms with Crippen LogP contribution in [-0.4, -0.2) is 74.9 Å². The minimum atomic E-state index is -4.37. The Morgan fingerprint density at radius 1 is 0.566 bits per heavy atom. The number of rotatable bonds is 39. The molecule has 0 aliphatic heterocycles. The van der Waals surface area contributed by atoms with E-state index >= 15 is 0 Å². The van der Waals surface area contributed by atoms with Crippen molar-refractivity contribution in [3.8, 4) is 0 Å². The van der Waals surface area contributed by atoms with E-state index in [1.807, 2.05) is 21.1 Å². The summed E-state index contributed by atoms with van der Waals surface area (Å²) >= 11 is 0. The maximum atomic E-state index is 12.7. The Balaban J connectivity index is 4.37. The van der Waals surface area contributed by atoms with Gasteiger partial charge in [0.2, 0.25) is 0 Å². The number of carbonyl (C=O) groups excluding carboxylic acids is 2. The zero-order valence-corrected chi connectivity index (χ0v) is 35.9. The highest BCUT2D eigenvalue weighted by Gasteiger charge is 2.27. The third kappa shape index (κ3) is 40.0. The van der Waals surface area contributed by atoms with Gasteiger partial charge in [-0.05, 0) is 64.2 Å². The summed E-state index contributed by atoms with van der Waals surface area (Å²) in [6.45, 7) is 4.38. The Labute approximate surface area is 326 Å². The molecule has 0 saturated carbocycles. The number of hydrogen-bond donors (Lipinski definition) is 1. The van der Waals surface area contributed by atoms with Gasteiger partial charge in [-0.25, -0.2) is 4.57 Å². The van der Waals surface area contributed by atoms with Gasteiger partial charge >= 0.3 is 19.8 Å². The average molecular weight is 773 g/mol. The van der Waals surface area contributed by atoms with Crippen LogP contribution in [0.4, 0.5) is 0 Å². The van der Waals surface area contributed by atoms with E-state index in [9.17, 15) is 19.0 Å². The van der Waals surface area contributed by atoms with Crippen LogP contribution in [-0.2, 0) is 32.7 Å². The Morgan fingerprint density at radius 3 is 1.43 bits per heavy atom. The van der Waals surface area contributed by atoms with Gasteiger partial charge in [-0.1, -0.05) is 134 Å². The van der Waals surface area contributed by atoms with Gasteiger partial charge in [0, 0.05) is 12.8 Å². The van der Waals surface area contributed by atoms with Gasteiger partial charge in [-0.3, -0.25) is 18.6 Å². The largest absolute Gasteiger partial charge is 0.472 e. The van der Waals surface area contributed by atoms with E-state index in [0.717, 1.165) is 64.2 Å². The Bertz CT molecular complexity index is 964. The van der Waals surface area contributed by atoms with Crippen molar-refractivity contribution in [1.29, 1.82) is 0 Å². The van der Waals surface area contributed by atoms with Crippen LogP contribution in [0.2, 0.25) is 0 Å². The van der Waals surface area contributed by atoms with Gasteiger partial charge in [0.05, 0.1) is 27.7 Å². The number of allylic oxidation sites excluding steroid dienone is 4. The molecule has 312 valence electrons. The van der Waals surface area contributed by atoms with E-state index < -0.39 is 26.5 Å². The van der Waals surface area contributed by atoms with Gasteiger partial charge in [0.15, 0.2) is 6.10 Å². The molecular formula is C43H83NO8P+. The Hall–Kier alpha value is -1.51. The second kappa shape index (κ2) is 36.1. The summed E-state index contributed by atoms with van der Waals surface area (Å²) in [4.78, 5) is 35.3. The lowest BCUT2D eigenvalue weighted by molar-refractivity contribution is -0.870. The normalized spacial score (nSPS) is 13.8. The number of phosphoric ester groups is 1. The molecular weight excluding hydrogens is 689 g/mol. The summed E-state index contributed by atoms with van der Waals surface area (Å²) in [6.07, 6.45) is 37.9. The highest BCUT2D eigenvalue weighted by Crippen LogP contribution is 2.43. The first kappa shape index (κ1) is 51.5. The van der Waals surface area contributed by atoms with Gasteiger partial charge in [-0.15, -0.1) is 0 Å². The first-order chi connectivity index (χ1) is 25.5. The number of ether oxygens (including phenoxy) is 2. The summed E-state index contributed by atoms with van der Waals surface area (Å²) < 4.78 is 34.2. The fraction of sp³-hybridized carbons (Fsp3) is 0.860. The van der Waals surface area contributed by atoms with E-state index in [1.165, 1.54) is 89.9 Å². The van der Waals surface area contributed by atoms with Crippen LogP contribution >= 0.6 is 7.82 Å². The number of quaternary nitrogens is 1. The van der Waals surface area contributed by atoms with Crippen LogP contribution < -0.4 is 0 Å². The maximum absolute atomic E-state index is 12.7. The molecule has 0 amide bonds. The highest BCUT2D eigenvalue weighted by molar-refractivity contribution is 7.47. The summed E-state index contributed by atoms with van der Waals surface area (Å²) in [5.41, 5.74) is 0. The monoisotopic (exact) mass is 773 g/mol. The quantitative estimate of drug-likeness (QED) is 0.0216. The third-order valence-corrected chi connectivity index (χ3v) is 10.2. The lowest BCUT2D eigenvalue weighted by Gasteiger charge is -2.24. The summed E-state index contributed by atoms with van der Waals surface area (Å²) in [5, 5.41) is 0. The molecule has 1 N–H and O–H groups in total. The van der Waals surface area contributed by atoms with Crippen molar-refractivity contribution < 1.29 is 42.1 Å². The predicted octanol–water partition coefficient (Wildman–Crippen LogP) is 12.0. The first-order valence-corrected chi connectivity index (χ1v) is 23.1. The number of hydrogen-bond acceptors (Lipinski definition) is 7. The number of likely N-dealkylation sites (N-methyl/N-ethyl adjacent to an activating group) is 1. The second-order valence-corrected chi connectivity index (χ2v) is 17.2. The highest BCUT2D eigenvalue weighted by atomic mass is 31.2. The molecule has 0 fully saturated rings. The van der Waals surface area contributed by atoms with Crippen LogP contribution in [0.5, 0.6) is 0 Å². The number of phosphoric acid groups is 1. The molecule has 0 radical (unpaired) electrons. The van der Waals surface area contributed by atoms with E-state index in [0.29, 0.717) is 17.4 Å². The van der Waals surface area contributed by atoms with Crippen LogP contribution in [0.15, 0.2) is 24.3 Å². The number of nitrogens with zero attached hydrogens (tertiary/aromatic N) is 1. The fourth-order valence-electron chi connectivity index (χ4n) is 5.77. The Kier molecular flexibility index (Phi) is 35.1. The van der Waals surface area contributed by atoms with Gasteiger partial charge in [0.1, 0.15) is 19.8 Å². The molecule has 53 heavy (non-hydrogen) atoms. The van der Waals surface area contributed by atoms with Crippen LogP contribution in [0.25, 0.3) is 0 Å². The van der Waals surface area contributed by atoms with Crippen molar-refractivity contribution >= 4 is 19.8 Å². The zero-order chi connectivity index (χ0) is 39.3. The van der Waals surface area contributed by atoms with Crippen LogP contribution in [0, 0.1) is 0 Å². The zero-order valence-electron chi connectivity index (χ0n) is 35.0. The van der Waals surface area contributed by atoms with Gasteiger partial charge < -0.3 is 18.9 Å². The lowest BCUT2D eigenvalue weighted by atomic mass is 10.1. The molecule has 0 bridgehead atoms. The van der Waals surface area contributed by atoms with Crippen molar-refractivity contribution in [3.63, 3.8) is 0 Å². The van der Waals surface area contributed by atoms with Crippen molar-refractivity contribution in [3.05, 3.63) is 24.3 Å². The van der Waals surface area contributed by atoms with Crippen molar-refractivity contribution in [2.75, 3.05) is 47.5 Å². The Morgan fingerprint density at radius 2 is 0.962 bits per heavy atom. The lowest BCUT2D eigenvalue weighted by Crippen LogP contribution is -2.37. The molecule has 0 aromatic rings. The molecule has 9 nitrogen and oxygen atoms in total. The summed E-state index contributed by atoms with van der Waals surface area (Å²) in [5.74, 6) is -0.812. The molecule has 0 saturated heterocycles. The molecule has 0 rings (SSSR count). The van der Waals surface area contributed by atoms with Gasteiger partial charge in [0.25, 0.3) is 0 Å². The smallest absolute Gasteiger partial charge is 0.462 e. The van der Waals surface area contributed by atoms with Crippen LogP contribution in [0.3, 0.4) is 0 Å². The molecule has 0 aliphatic carbocycles. The number of unbranched alkanes of at least 4 members (excludes halogenated alkanes) is 21. The predicted molar refractivity (Wildman–Crippen MR) is 220 cm³/mol. The van der Waals surface area contributed by atoms with Crippen molar-refractivity contribution in [2.24, 2.45) is 0 Å². The molecule has 2 atom stereocenters. The molecule has 0 aliphatic rings. The standard InChI is InChI=1S/C43H82NO8P/c1-6-8-10-12-14-16-18-20-21-22-23-24-26-28-30-32-34-36-43(46)52-41(40-51-53(47,48)50-38-37-44(3,4)5)39-49-42(45)35-33-31-29-27-25-19-17-15-13-11-9-7-2/h15,17,20-21,41H,6-14,16,18-19,22-40H2,1-5H3/p+1/b17-15-,21-20-. The summed E-state index contributed by atoms with van der Waals surface area (Å²) in [7, 11) is 1.47. The molecule has 0 spiro atoms. The third-order valence-electron chi connectivity index (χ3n) is 9.20. The average Bonchev–Trinajstić information content (AvgIpc) is 3.10. The summed E-state index contributed by atoms with van der Waals surface area (Å²) in [6, 6.07) is 0. The fourth-order valence-corrected chi connectivity index (χ4v) is 6.51. The minimum Gasteiger partial charge on any atom is -0.462 e. The van der Waals surface area contributed by atoms with Crippen LogP contribution in [0.1, 0.15) is 187 Å².